The van der Waals surface area contributed by atoms with Gasteiger partial charge in [0.2, 0.25) is 5.91 Å². The number of nitrogens with zero attached hydrogens (tertiary/aromatic N) is 1. The van der Waals surface area contributed by atoms with Crippen LogP contribution in [0.15, 0.2) is 12.1 Å². The third-order valence-corrected chi connectivity index (χ3v) is 3.74. The van der Waals surface area contributed by atoms with Gasteiger partial charge in [0.05, 0.1) is 18.0 Å². The first-order valence-corrected chi connectivity index (χ1v) is 6.75. The fourth-order valence-corrected chi connectivity index (χ4v) is 2.44. The molecule has 0 radical (unpaired) electrons. The van der Waals surface area contributed by atoms with Crippen LogP contribution in [-0.4, -0.2) is 30.2 Å². The summed E-state index contributed by atoms with van der Waals surface area (Å²) in [4.78, 5) is 14.2. The number of aliphatic hydroxyl groups excluding tert-OH is 1. The summed E-state index contributed by atoms with van der Waals surface area (Å²) in [5.74, 6) is 0.253. The van der Waals surface area contributed by atoms with Gasteiger partial charge in [-0.3, -0.25) is 4.79 Å². The molecule has 1 aliphatic rings. The van der Waals surface area contributed by atoms with Gasteiger partial charge >= 0.3 is 0 Å². The number of hydrogen-bond donors (Lipinski definition) is 2. The van der Waals surface area contributed by atoms with E-state index < -0.39 is 0 Å². The van der Waals surface area contributed by atoms with Gasteiger partial charge in [0.1, 0.15) is 6.04 Å². The van der Waals surface area contributed by atoms with E-state index in [0.29, 0.717) is 6.54 Å². The Kier molecular flexibility index (Phi) is 3.80. The molecule has 2 rings (SSSR count). The van der Waals surface area contributed by atoms with E-state index in [1.165, 1.54) is 5.56 Å². The number of β-amino-alcohol motifs (C(OH)–C–C–N with tert-alkyl or cyclic N) is 1. The third kappa shape index (κ3) is 2.45. The van der Waals surface area contributed by atoms with Gasteiger partial charge < -0.3 is 15.3 Å². The molecular formula is C15H22N2O2. The minimum Gasteiger partial charge on any atom is -0.395 e. The molecule has 1 amide bonds. The molecule has 0 spiro atoms. The summed E-state index contributed by atoms with van der Waals surface area (Å²) >= 11 is 0. The second-order valence-electron chi connectivity index (χ2n) is 5.53. The fourth-order valence-electron chi connectivity index (χ4n) is 2.44. The Morgan fingerprint density at radius 2 is 1.95 bits per heavy atom. The highest BCUT2D eigenvalue weighted by Crippen LogP contribution is 2.35. The lowest BCUT2D eigenvalue weighted by atomic mass is 9.97. The molecule has 0 aliphatic carbocycles. The first-order chi connectivity index (χ1) is 8.95. The van der Waals surface area contributed by atoms with Crippen LogP contribution < -0.4 is 10.2 Å². The van der Waals surface area contributed by atoms with Crippen LogP contribution in [0, 0.1) is 19.8 Å². The Morgan fingerprint density at radius 1 is 1.32 bits per heavy atom. The molecule has 0 saturated heterocycles. The molecule has 104 valence electrons. The highest BCUT2D eigenvalue weighted by Gasteiger charge is 2.34. The van der Waals surface area contributed by atoms with Crippen LogP contribution in [-0.2, 0) is 4.79 Å². The molecule has 0 bridgehead atoms. The van der Waals surface area contributed by atoms with E-state index in [0.717, 1.165) is 16.9 Å². The molecule has 4 heteroatoms. The highest BCUT2D eigenvalue weighted by atomic mass is 16.3. The maximum absolute atomic E-state index is 12.5. The average Bonchev–Trinajstić information content (AvgIpc) is 2.35. The van der Waals surface area contributed by atoms with E-state index in [4.69, 9.17) is 0 Å². The van der Waals surface area contributed by atoms with Gasteiger partial charge in [-0.2, -0.15) is 0 Å². The topological polar surface area (TPSA) is 52.6 Å². The van der Waals surface area contributed by atoms with Gasteiger partial charge in [-0.05, 0) is 43.0 Å². The standard InChI is InChI=1S/C15H22N2O2/c1-9(2)14-15(19)17(5-6-18)13-8-11(4)10(3)7-12(13)16-14/h7-9,14,16,18H,5-6H2,1-4H3. The molecule has 19 heavy (non-hydrogen) atoms. The third-order valence-electron chi connectivity index (χ3n) is 3.74. The molecule has 0 fully saturated rings. The van der Waals surface area contributed by atoms with E-state index in [1.54, 1.807) is 4.90 Å². The molecule has 0 saturated carbocycles. The number of amides is 1. The Hall–Kier alpha value is -1.55. The number of nitrogens with one attached hydrogen (secondary N) is 1. The number of fused-ring (bicyclic) bond motifs is 1. The van der Waals surface area contributed by atoms with Crippen molar-refractivity contribution < 1.29 is 9.90 Å². The van der Waals surface area contributed by atoms with Crippen molar-refractivity contribution in [3.63, 3.8) is 0 Å². The molecule has 1 heterocycles. The minimum absolute atomic E-state index is 0.0249. The van der Waals surface area contributed by atoms with Crippen LogP contribution in [0.1, 0.15) is 25.0 Å². The fraction of sp³-hybridized carbons (Fsp3) is 0.533. The maximum Gasteiger partial charge on any atom is 0.249 e. The summed E-state index contributed by atoms with van der Waals surface area (Å²) in [5, 5.41) is 12.5. The molecular weight excluding hydrogens is 240 g/mol. The zero-order chi connectivity index (χ0) is 14.2. The monoisotopic (exact) mass is 262 g/mol. The predicted molar refractivity (Wildman–Crippen MR) is 77.6 cm³/mol. The van der Waals surface area contributed by atoms with Crippen molar-refractivity contribution in [2.24, 2.45) is 5.92 Å². The predicted octanol–water partition coefficient (Wildman–Crippen LogP) is 2.08. The van der Waals surface area contributed by atoms with E-state index in [1.807, 2.05) is 26.8 Å². The van der Waals surface area contributed by atoms with Crippen molar-refractivity contribution in [2.75, 3.05) is 23.4 Å². The summed E-state index contributed by atoms with van der Waals surface area (Å²) in [6, 6.07) is 3.87. The van der Waals surface area contributed by atoms with Crippen molar-refractivity contribution in [3.05, 3.63) is 23.3 Å². The number of anilines is 2. The Bertz CT molecular complexity index is 497. The average molecular weight is 262 g/mol. The molecule has 1 aliphatic heterocycles. The lowest BCUT2D eigenvalue weighted by molar-refractivity contribution is -0.120. The van der Waals surface area contributed by atoms with Gasteiger partial charge in [-0.25, -0.2) is 0 Å². The van der Waals surface area contributed by atoms with Gasteiger partial charge in [0.25, 0.3) is 0 Å². The summed E-state index contributed by atoms with van der Waals surface area (Å²) < 4.78 is 0. The summed E-state index contributed by atoms with van der Waals surface area (Å²) in [6.45, 7) is 8.47. The largest absolute Gasteiger partial charge is 0.395 e. The molecule has 2 N–H and O–H groups in total. The molecule has 1 aromatic rings. The van der Waals surface area contributed by atoms with Crippen LogP contribution >= 0.6 is 0 Å². The molecule has 1 aromatic carbocycles. The molecule has 0 aromatic heterocycles. The first-order valence-electron chi connectivity index (χ1n) is 6.75. The Balaban J connectivity index is 2.49. The van der Waals surface area contributed by atoms with Gasteiger partial charge in [0.15, 0.2) is 0 Å². The quantitative estimate of drug-likeness (QED) is 0.877. The first kappa shape index (κ1) is 13.9. The maximum atomic E-state index is 12.5. The smallest absolute Gasteiger partial charge is 0.249 e. The number of carbonyl (C=O) groups is 1. The normalized spacial score (nSPS) is 18.5. The highest BCUT2D eigenvalue weighted by molar-refractivity contribution is 6.05. The van der Waals surface area contributed by atoms with Crippen molar-refractivity contribution in [1.29, 1.82) is 0 Å². The van der Waals surface area contributed by atoms with Crippen molar-refractivity contribution in [2.45, 2.75) is 33.7 Å². The molecule has 1 unspecified atom stereocenters. The van der Waals surface area contributed by atoms with Crippen LogP contribution in [0.3, 0.4) is 0 Å². The van der Waals surface area contributed by atoms with Crippen molar-refractivity contribution in [3.8, 4) is 0 Å². The lowest BCUT2D eigenvalue weighted by Gasteiger charge is -2.37. The van der Waals surface area contributed by atoms with Crippen LogP contribution in [0.5, 0.6) is 0 Å². The number of aliphatic hydroxyl groups is 1. The minimum atomic E-state index is -0.221. The number of aryl methyl sites for hydroxylation is 2. The lowest BCUT2D eigenvalue weighted by Crippen LogP contribution is -2.50. The summed E-state index contributed by atoms with van der Waals surface area (Å²) in [7, 11) is 0. The van der Waals surface area contributed by atoms with E-state index >= 15 is 0 Å². The van der Waals surface area contributed by atoms with Gasteiger partial charge in [-0.1, -0.05) is 13.8 Å². The van der Waals surface area contributed by atoms with Gasteiger partial charge in [-0.15, -0.1) is 0 Å². The number of rotatable bonds is 3. The number of hydrogen-bond acceptors (Lipinski definition) is 3. The van der Waals surface area contributed by atoms with E-state index in [9.17, 15) is 9.90 Å². The van der Waals surface area contributed by atoms with Crippen molar-refractivity contribution >= 4 is 17.3 Å². The van der Waals surface area contributed by atoms with E-state index in [2.05, 4.69) is 18.3 Å². The Labute approximate surface area is 114 Å². The molecule has 4 nitrogen and oxygen atoms in total. The second kappa shape index (κ2) is 5.21. The van der Waals surface area contributed by atoms with E-state index in [-0.39, 0.29) is 24.5 Å². The number of carbonyl (C=O) groups excluding carboxylic acids is 1. The Morgan fingerprint density at radius 3 is 2.53 bits per heavy atom. The molecule has 1 atom stereocenters. The van der Waals surface area contributed by atoms with Gasteiger partial charge in [0, 0.05) is 6.54 Å². The summed E-state index contributed by atoms with van der Waals surface area (Å²) in [5.41, 5.74) is 4.21. The SMILES string of the molecule is Cc1cc2c(cc1C)N(CCO)C(=O)C(C(C)C)N2. The number of benzene rings is 1. The summed E-state index contributed by atoms with van der Waals surface area (Å²) in [6.07, 6.45) is 0. The van der Waals surface area contributed by atoms with Crippen molar-refractivity contribution in [1.82, 2.24) is 0 Å². The van der Waals surface area contributed by atoms with Crippen LogP contribution in [0.2, 0.25) is 0 Å². The zero-order valence-electron chi connectivity index (χ0n) is 12.0. The van der Waals surface area contributed by atoms with Crippen LogP contribution in [0.25, 0.3) is 0 Å². The zero-order valence-corrected chi connectivity index (χ0v) is 12.0. The van der Waals surface area contributed by atoms with Crippen LogP contribution in [0.4, 0.5) is 11.4 Å². The second-order valence-corrected chi connectivity index (χ2v) is 5.53.